The van der Waals surface area contributed by atoms with Crippen LogP contribution in [0.15, 0.2) is 36.0 Å². The first-order chi connectivity index (χ1) is 14.6. The molecule has 0 aliphatic carbocycles. The Morgan fingerprint density at radius 3 is 2.63 bits per heavy atom. The fraction of sp³-hybridized carbons (Fsp3) is 0.333. The molecule has 0 saturated carbocycles. The first-order valence-electron chi connectivity index (χ1n) is 9.94. The molecule has 4 aromatic heterocycles. The highest BCUT2D eigenvalue weighted by molar-refractivity contribution is 7.10. The van der Waals surface area contributed by atoms with Gasteiger partial charge in [0, 0.05) is 53.7 Å². The van der Waals surface area contributed by atoms with Crippen LogP contribution in [0, 0.1) is 13.8 Å². The molecular formula is C21H21N7OS. The summed E-state index contributed by atoms with van der Waals surface area (Å²) in [6.45, 7) is 5.19. The molecule has 152 valence electrons. The number of amides is 1. The van der Waals surface area contributed by atoms with Crippen LogP contribution in [0.4, 0.5) is 0 Å². The number of piperidine rings is 1. The van der Waals surface area contributed by atoms with Gasteiger partial charge in [-0.2, -0.15) is 4.98 Å². The van der Waals surface area contributed by atoms with Gasteiger partial charge in [-0.05, 0) is 44.9 Å². The Morgan fingerprint density at radius 2 is 1.87 bits per heavy atom. The number of nitrogens with zero attached hydrogens (tertiary/aromatic N) is 7. The van der Waals surface area contributed by atoms with Gasteiger partial charge in [-0.3, -0.25) is 9.78 Å². The molecule has 0 radical (unpaired) electrons. The van der Waals surface area contributed by atoms with Crippen LogP contribution in [0.3, 0.4) is 0 Å². The zero-order valence-electron chi connectivity index (χ0n) is 16.8. The van der Waals surface area contributed by atoms with E-state index in [4.69, 9.17) is 4.98 Å². The number of likely N-dealkylation sites (tertiary alicyclic amines) is 1. The van der Waals surface area contributed by atoms with Crippen LogP contribution in [0.5, 0.6) is 0 Å². The maximum absolute atomic E-state index is 12.9. The predicted octanol–water partition coefficient (Wildman–Crippen LogP) is 3.28. The number of carbonyl (C=O) groups is 1. The molecule has 8 nitrogen and oxygen atoms in total. The van der Waals surface area contributed by atoms with Crippen molar-refractivity contribution in [1.82, 2.24) is 34.4 Å². The lowest BCUT2D eigenvalue weighted by Gasteiger charge is -2.30. The first-order valence-corrected chi connectivity index (χ1v) is 10.8. The third-order valence-electron chi connectivity index (χ3n) is 5.44. The van der Waals surface area contributed by atoms with E-state index in [1.807, 2.05) is 36.9 Å². The van der Waals surface area contributed by atoms with Crippen molar-refractivity contribution >= 4 is 23.0 Å². The highest BCUT2D eigenvalue weighted by Gasteiger charge is 2.28. The van der Waals surface area contributed by atoms with E-state index in [0.29, 0.717) is 24.8 Å². The number of pyridine rings is 1. The molecule has 5 heterocycles. The van der Waals surface area contributed by atoms with Crippen LogP contribution >= 0.6 is 11.3 Å². The predicted molar refractivity (Wildman–Crippen MR) is 113 cm³/mol. The summed E-state index contributed by atoms with van der Waals surface area (Å²) >= 11 is 1.69. The second-order valence-electron chi connectivity index (χ2n) is 7.56. The average molecular weight is 420 g/mol. The van der Waals surface area contributed by atoms with Gasteiger partial charge in [-0.1, -0.05) is 0 Å². The number of thiazole rings is 1. The Kier molecular flexibility index (Phi) is 4.74. The Morgan fingerprint density at radius 1 is 1.10 bits per heavy atom. The van der Waals surface area contributed by atoms with Gasteiger partial charge < -0.3 is 4.90 Å². The minimum atomic E-state index is -0.132. The Labute approximate surface area is 177 Å². The Hall–Kier alpha value is -3.20. The van der Waals surface area contributed by atoms with E-state index >= 15 is 0 Å². The van der Waals surface area contributed by atoms with E-state index < -0.39 is 0 Å². The van der Waals surface area contributed by atoms with Crippen molar-refractivity contribution in [2.75, 3.05) is 13.1 Å². The van der Waals surface area contributed by atoms with E-state index in [-0.39, 0.29) is 11.7 Å². The lowest BCUT2D eigenvalue weighted by molar-refractivity contribution is 0.0701. The largest absolute Gasteiger partial charge is 0.336 e. The summed E-state index contributed by atoms with van der Waals surface area (Å²) in [6.07, 6.45) is 5.34. The van der Waals surface area contributed by atoms with E-state index in [1.165, 1.54) is 0 Å². The van der Waals surface area contributed by atoms with Gasteiger partial charge in [0.1, 0.15) is 0 Å². The summed E-state index contributed by atoms with van der Waals surface area (Å²) < 4.78 is 1.63. The second kappa shape index (κ2) is 7.56. The number of aromatic nitrogens is 6. The molecule has 5 rings (SSSR count). The number of rotatable bonds is 3. The molecule has 1 aliphatic rings. The highest BCUT2D eigenvalue weighted by Crippen LogP contribution is 2.33. The molecule has 9 heteroatoms. The van der Waals surface area contributed by atoms with Gasteiger partial charge in [-0.25, -0.2) is 14.5 Å². The van der Waals surface area contributed by atoms with Crippen molar-refractivity contribution < 1.29 is 4.79 Å². The molecule has 0 bridgehead atoms. The molecule has 1 saturated heterocycles. The third-order valence-corrected chi connectivity index (χ3v) is 6.45. The molecular weight excluding hydrogens is 398 g/mol. The monoisotopic (exact) mass is 419 g/mol. The molecule has 0 atom stereocenters. The van der Waals surface area contributed by atoms with Crippen LogP contribution in [0.2, 0.25) is 0 Å². The minimum Gasteiger partial charge on any atom is -0.336 e. The van der Waals surface area contributed by atoms with Gasteiger partial charge >= 0.3 is 0 Å². The lowest BCUT2D eigenvalue weighted by atomic mass is 9.97. The Balaban J connectivity index is 1.28. The normalized spacial score (nSPS) is 15.1. The fourth-order valence-electron chi connectivity index (χ4n) is 3.86. The maximum Gasteiger partial charge on any atom is 0.293 e. The van der Waals surface area contributed by atoms with Crippen molar-refractivity contribution in [3.8, 4) is 11.3 Å². The first kappa shape index (κ1) is 18.8. The second-order valence-corrected chi connectivity index (χ2v) is 8.45. The average Bonchev–Trinajstić information content (AvgIpc) is 3.42. The van der Waals surface area contributed by atoms with Crippen LogP contribution in [-0.4, -0.2) is 53.4 Å². The van der Waals surface area contributed by atoms with E-state index in [9.17, 15) is 4.79 Å². The molecule has 0 N–H and O–H groups in total. The van der Waals surface area contributed by atoms with Gasteiger partial charge in [-0.15, -0.1) is 16.4 Å². The fourth-order valence-corrected chi connectivity index (χ4v) is 4.86. The van der Waals surface area contributed by atoms with Gasteiger partial charge in [0.05, 0.1) is 10.7 Å². The zero-order valence-corrected chi connectivity index (χ0v) is 17.6. The quantitative estimate of drug-likeness (QED) is 0.506. The molecule has 30 heavy (non-hydrogen) atoms. The van der Waals surface area contributed by atoms with E-state index in [0.717, 1.165) is 40.5 Å². The molecule has 4 aromatic rings. The SMILES string of the molecule is Cc1cc(C)n2nc(C(=O)N3CCC(c4nc(-c5ccncc5)cs4)CC3)nc2n1. The maximum atomic E-state index is 12.9. The van der Waals surface area contributed by atoms with Crippen LogP contribution in [0.1, 0.15) is 45.8 Å². The number of hydrogen-bond donors (Lipinski definition) is 0. The number of fused-ring (bicyclic) bond motifs is 1. The summed E-state index contributed by atoms with van der Waals surface area (Å²) in [5.41, 5.74) is 3.85. The van der Waals surface area contributed by atoms with E-state index in [1.54, 1.807) is 28.2 Å². The van der Waals surface area contributed by atoms with Crippen molar-refractivity contribution in [1.29, 1.82) is 0 Å². The van der Waals surface area contributed by atoms with Crippen LogP contribution < -0.4 is 0 Å². The van der Waals surface area contributed by atoms with Crippen molar-refractivity contribution in [3.05, 3.63) is 58.2 Å². The van der Waals surface area contributed by atoms with E-state index in [2.05, 4.69) is 25.4 Å². The lowest BCUT2D eigenvalue weighted by Crippen LogP contribution is -2.38. The van der Waals surface area contributed by atoms with Crippen LogP contribution in [-0.2, 0) is 0 Å². The van der Waals surface area contributed by atoms with Crippen molar-refractivity contribution in [2.24, 2.45) is 0 Å². The number of aryl methyl sites for hydroxylation is 2. The third kappa shape index (κ3) is 3.45. The van der Waals surface area contributed by atoms with Crippen molar-refractivity contribution in [3.63, 3.8) is 0 Å². The molecule has 1 aliphatic heterocycles. The molecule has 1 fully saturated rings. The van der Waals surface area contributed by atoms with Crippen molar-refractivity contribution in [2.45, 2.75) is 32.6 Å². The molecule has 0 unspecified atom stereocenters. The summed E-state index contributed by atoms with van der Waals surface area (Å²) in [5.74, 6) is 0.920. The zero-order chi connectivity index (χ0) is 20.7. The summed E-state index contributed by atoms with van der Waals surface area (Å²) in [6, 6.07) is 5.87. The van der Waals surface area contributed by atoms with Gasteiger partial charge in [0.15, 0.2) is 0 Å². The van der Waals surface area contributed by atoms with Gasteiger partial charge in [0.2, 0.25) is 5.82 Å². The van der Waals surface area contributed by atoms with Crippen LogP contribution in [0.25, 0.3) is 17.0 Å². The summed E-state index contributed by atoms with van der Waals surface area (Å²) in [4.78, 5) is 32.4. The minimum absolute atomic E-state index is 0.132. The topological polar surface area (TPSA) is 89.2 Å². The molecule has 1 amide bonds. The van der Waals surface area contributed by atoms with Gasteiger partial charge in [0.25, 0.3) is 11.7 Å². The summed E-state index contributed by atoms with van der Waals surface area (Å²) in [5, 5.41) is 7.61. The number of hydrogen-bond acceptors (Lipinski definition) is 7. The smallest absolute Gasteiger partial charge is 0.293 e. The molecule has 0 aromatic carbocycles. The summed E-state index contributed by atoms with van der Waals surface area (Å²) in [7, 11) is 0. The highest BCUT2D eigenvalue weighted by atomic mass is 32.1. The standard InChI is InChI=1S/C21H21N7OS/c1-13-11-14(2)28-21(23-13)25-18(26-28)20(29)27-9-5-16(6-10-27)19-24-17(12-30-19)15-3-7-22-8-4-15/h3-4,7-8,11-12,16H,5-6,9-10H2,1-2H3. The number of carbonyl (C=O) groups excluding carboxylic acids is 1. The molecule has 0 spiro atoms. The Bertz CT molecular complexity index is 1210.